The van der Waals surface area contributed by atoms with Crippen molar-refractivity contribution in [1.82, 2.24) is 0 Å². The highest BCUT2D eigenvalue weighted by atomic mass is 32.1. The molecule has 0 radical (unpaired) electrons. The van der Waals surface area contributed by atoms with Gasteiger partial charge in [-0.3, -0.25) is 0 Å². The van der Waals surface area contributed by atoms with Gasteiger partial charge < -0.3 is 5.11 Å². The predicted molar refractivity (Wildman–Crippen MR) is 70.8 cm³/mol. The molecule has 0 aliphatic heterocycles. The summed E-state index contributed by atoms with van der Waals surface area (Å²) in [5.41, 5.74) is 0.153. The number of thiophene rings is 1. The maximum absolute atomic E-state index is 10.4. The van der Waals surface area contributed by atoms with Crippen LogP contribution in [0.1, 0.15) is 31.9 Å². The standard InChI is InChI=1S/C14H15NOS/c1-3-14(2,9-15)13(16)11-8-17-12-7-5-4-6-10(11)12/h4-8,13,16H,3H2,1-2H3. The third-order valence-corrected chi connectivity index (χ3v) is 4.38. The molecule has 0 saturated carbocycles. The van der Waals surface area contributed by atoms with Crippen LogP contribution < -0.4 is 0 Å². The number of fused-ring (bicyclic) bond motifs is 1. The Bertz CT molecular complexity index is 569. The monoisotopic (exact) mass is 245 g/mol. The number of nitrogens with zero attached hydrogens (tertiary/aromatic N) is 1. The molecule has 0 aliphatic carbocycles. The van der Waals surface area contributed by atoms with Crippen molar-refractivity contribution < 1.29 is 5.11 Å². The van der Waals surface area contributed by atoms with E-state index in [4.69, 9.17) is 0 Å². The van der Waals surface area contributed by atoms with Crippen LogP contribution in [-0.4, -0.2) is 5.11 Å². The van der Waals surface area contributed by atoms with Crippen LogP contribution in [0.2, 0.25) is 0 Å². The summed E-state index contributed by atoms with van der Waals surface area (Å²) in [4.78, 5) is 0. The maximum atomic E-state index is 10.4. The molecule has 0 saturated heterocycles. The van der Waals surface area contributed by atoms with E-state index < -0.39 is 11.5 Å². The third-order valence-electron chi connectivity index (χ3n) is 3.40. The van der Waals surface area contributed by atoms with Crippen molar-refractivity contribution in [2.24, 2.45) is 5.41 Å². The Hall–Kier alpha value is -1.37. The third kappa shape index (κ3) is 1.95. The molecule has 2 aromatic rings. The number of benzene rings is 1. The first-order chi connectivity index (χ1) is 8.12. The molecule has 17 heavy (non-hydrogen) atoms. The lowest BCUT2D eigenvalue weighted by Gasteiger charge is -2.26. The van der Waals surface area contributed by atoms with E-state index in [-0.39, 0.29) is 0 Å². The molecule has 0 bridgehead atoms. The molecule has 1 heterocycles. The maximum Gasteiger partial charge on any atom is 0.0987 e. The van der Waals surface area contributed by atoms with Gasteiger partial charge in [0.05, 0.1) is 17.6 Å². The highest BCUT2D eigenvalue weighted by Crippen LogP contribution is 2.40. The minimum Gasteiger partial charge on any atom is -0.387 e. The molecule has 2 unspecified atom stereocenters. The van der Waals surface area contributed by atoms with Gasteiger partial charge in [0.15, 0.2) is 0 Å². The van der Waals surface area contributed by atoms with Gasteiger partial charge in [-0.05, 0) is 30.2 Å². The largest absolute Gasteiger partial charge is 0.387 e. The molecule has 88 valence electrons. The van der Waals surface area contributed by atoms with E-state index in [1.165, 1.54) is 0 Å². The van der Waals surface area contributed by atoms with Gasteiger partial charge in [-0.25, -0.2) is 0 Å². The highest BCUT2D eigenvalue weighted by Gasteiger charge is 2.33. The average molecular weight is 245 g/mol. The number of aliphatic hydroxyl groups excluding tert-OH is 1. The highest BCUT2D eigenvalue weighted by molar-refractivity contribution is 7.17. The van der Waals surface area contributed by atoms with E-state index in [1.807, 2.05) is 43.5 Å². The van der Waals surface area contributed by atoms with Gasteiger partial charge in [0, 0.05) is 10.3 Å². The van der Waals surface area contributed by atoms with Gasteiger partial charge in [-0.1, -0.05) is 25.1 Å². The minimum atomic E-state index is -0.728. The van der Waals surface area contributed by atoms with Crippen LogP contribution in [0, 0.1) is 16.7 Å². The van der Waals surface area contributed by atoms with Crippen molar-refractivity contribution in [3.63, 3.8) is 0 Å². The average Bonchev–Trinajstić information content (AvgIpc) is 2.80. The van der Waals surface area contributed by atoms with Gasteiger partial charge in [-0.2, -0.15) is 5.26 Å². The molecule has 0 amide bonds. The smallest absolute Gasteiger partial charge is 0.0987 e. The van der Waals surface area contributed by atoms with Crippen LogP contribution in [0.15, 0.2) is 29.6 Å². The fourth-order valence-corrected chi connectivity index (χ4v) is 2.87. The van der Waals surface area contributed by atoms with E-state index in [9.17, 15) is 10.4 Å². The number of rotatable bonds is 3. The Kier molecular flexibility index (Phi) is 3.19. The zero-order chi connectivity index (χ0) is 12.5. The lowest BCUT2D eigenvalue weighted by molar-refractivity contribution is 0.0738. The topological polar surface area (TPSA) is 44.0 Å². The Morgan fingerprint density at radius 3 is 2.82 bits per heavy atom. The summed E-state index contributed by atoms with van der Waals surface area (Å²) in [6.07, 6.45) is -0.0943. The molecule has 1 N–H and O–H groups in total. The second kappa shape index (κ2) is 4.48. The Labute approximate surface area is 105 Å². The SMILES string of the molecule is CCC(C)(C#N)C(O)c1csc2ccccc12. The van der Waals surface area contributed by atoms with Crippen molar-refractivity contribution in [2.75, 3.05) is 0 Å². The first-order valence-corrected chi connectivity index (χ1v) is 6.56. The number of hydrogen-bond acceptors (Lipinski definition) is 3. The number of hydrogen-bond donors (Lipinski definition) is 1. The van der Waals surface area contributed by atoms with Crippen LogP contribution in [0.3, 0.4) is 0 Å². The van der Waals surface area contributed by atoms with E-state index in [0.29, 0.717) is 6.42 Å². The van der Waals surface area contributed by atoms with E-state index in [1.54, 1.807) is 11.3 Å². The van der Waals surface area contributed by atoms with Crippen LogP contribution in [0.4, 0.5) is 0 Å². The van der Waals surface area contributed by atoms with Crippen molar-refractivity contribution in [3.8, 4) is 6.07 Å². The Morgan fingerprint density at radius 2 is 2.18 bits per heavy atom. The van der Waals surface area contributed by atoms with Crippen LogP contribution in [0.25, 0.3) is 10.1 Å². The van der Waals surface area contributed by atoms with Crippen LogP contribution in [0.5, 0.6) is 0 Å². The molecule has 3 heteroatoms. The van der Waals surface area contributed by atoms with Gasteiger partial charge in [0.2, 0.25) is 0 Å². The first-order valence-electron chi connectivity index (χ1n) is 5.68. The zero-order valence-electron chi connectivity index (χ0n) is 9.97. The summed E-state index contributed by atoms with van der Waals surface area (Å²) in [5, 5.41) is 22.6. The van der Waals surface area contributed by atoms with Crippen molar-refractivity contribution >= 4 is 21.4 Å². The molecule has 2 atom stereocenters. The molecular formula is C14H15NOS. The van der Waals surface area contributed by atoms with E-state index >= 15 is 0 Å². The van der Waals surface area contributed by atoms with Gasteiger partial charge in [0.1, 0.15) is 0 Å². The normalized spacial score (nSPS) is 16.4. The quantitative estimate of drug-likeness (QED) is 0.892. The van der Waals surface area contributed by atoms with Gasteiger partial charge >= 0.3 is 0 Å². The van der Waals surface area contributed by atoms with Crippen molar-refractivity contribution in [1.29, 1.82) is 5.26 Å². The van der Waals surface area contributed by atoms with Crippen molar-refractivity contribution in [3.05, 3.63) is 35.2 Å². The van der Waals surface area contributed by atoms with Crippen molar-refractivity contribution in [2.45, 2.75) is 26.4 Å². The number of aliphatic hydroxyl groups is 1. The molecule has 0 aliphatic rings. The summed E-state index contributed by atoms with van der Waals surface area (Å²) in [6, 6.07) is 10.2. The fourth-order valence-electron chi connectivity index (χ4n) is 1.89. The van der Waals surface area contributed by atoms with Gasteiger partial charge in [0.25, 0.3) is 0 Å². The summed E-state index contributed by atoms with van der Waals surface area (Å²) in [7, 11) is 0. The second-order valence-corrected chi connectivity index (χ2v) is 5.38. The fraction of sp³-hybridized carbons (Fsp3) is 0.357. The zero-order valence-corrected chi connectivity index (χ0v) is 10.8. The van der Waals surface area contributed by atoms with Crippen LogP contribution in [-0.2, 0) is 0 Å². The summed E-state index contributed by atoms with van der Waals surface area (Å²) in [5.74, 6) is 0. The molecule has 0 fully saturated rings. The lowest BCUT2D eigenvalue weighted by Crippen LogP contribution is -2.22. The number of nitriles is 1. The molecular weight excluding hydrogens is 230 g/mol. The molecule has 1 aromatic carbocycles. The molecule has 1 aromatic heterocycles. The Morgan fingerprint density at radius 1 is 1.47 bits per heavy atom. The summed E-state index contributed by atoms with van der Waals surface area (Å²) < 4.78 is 1.15. The van der Waals surface area contributed by atoms with Gasteiger partial charge in [-0.15, -0.1) is 11.3 Å². The lowest BCUT2D eigenvalue weighted by atomic mass is 9.80. The van der Waals surface area contributed by atoms with Crippen LogP contribution >= 0.6 is 11.3 Å². The van der Waals surface area contributed by atoms with E-state index in [2.05, 4.69) is 6.07 Å². The second-order valence-electron chi connectivity index (χ2n) is 4.47. The molecule has 2 nitrogen and oxygen atoms in total. The predicted octanol–water partition coefficient (Wildman–Crippen LogP) is 3.87. The van der Waals surface area contributed by atoms with E-state index in [0.717, 1.165) is 15.6 Å². The first kappa shape index (κ1) is 12.1. The minimum absolute atomic E-state index is 0.634. The molecule has 2 rings (SSSR count). The molecule has 0 spiro atoms. The summed E-state index contributed by atoms with van der Waals surface area (Å²) >= 11 is 1.61. The summed E-state index contributed by atoms with van der Waals surface area (Å²) in [6.45, 7) is 3.74. The Balaban J connectivity index is 2.51.